The van der Waals surface area contributed by atoms with Crippen LogP contribution in [-0.4, -0.2) is 22.5 Å². The van der Waals surface area contributed by atoms with Gasteiger partial charge in [0.2, 0.25) is 5.91 Å². The minimum Gasteiger partial charge on any atom is -0.481 e. The van der Waals surface area contributed by atoms with Crippen LogP contribution in [-0.2, 0) is 9.59 Å². The first-order chi connectivity index (χ1) is 8.27. The number of carboxylic acid groups (broad SMARTS) is 1. The van der Waals surface area contributed by atoms with E-state index in [0.717, 1.165) is 32.1 Å². The topological polar surface area (TPSA) is 66.4 Å². The van der Waals surface area contributed by atoms with E-state index in [1.54, 1.807) is 0 Å². The predicted octanol–water partition coefficient (Wildman–Crippen LogP) is 1.94. The highest BCUT2D eigenvalue weighted by atomic mass is 16.4. The van der Waals surface area contributed by atoms with Crippen molar-refractivity contribution in [3.63, 3.8) is 0 Å². The Balaban J connectivity index is 2.00. The number of rotatable bonds is 2. The van der Waals surface area contributed by atoms with Gasteiger partial charge in [-0.15, -0.1) is 0 Å². The van der Waals surface area contributed by atoms with Crippen LogP contribution in [0.15, 0.2) is 0 Å². The fraction of sp³-hybridized carbons (Fsp3) is 0.857. The zero-order valence-electron chi connectivity index (χ0n) is 11.1. The van der Waals surface area contributed by atoms with Crippen molar-refractivity contribution in [2.45, 2.75) is 57.9 Å². The molecule has 0 saturated heterocycles. The van der Waals surface area contributed by atoms with Crippen LogP contribution < -0.4 is 5.32 Å². The first-order valence-electron chi connectivity index (χ1n) is 6.79. The van der Waals surface area contributed by atoms with Gasteiger partial charge >= 0.3 is 5.97 Å². The molecular weight excluding hydrogens is 230 g/mol. The molecule has 2 N–H and O–H groups in total. The van der Waals surface area contributed by atoms with E-state index in [4.69, 9.17) is 0 Å². The Morgan fingerprint density at radius 2 is 1.89 bits per heavy atom. The van der Waals surface area contributed by atoms with E-state index in [1.807, 2.05) is 0 Å². The van der Waals surface area contributed by atoms with E-state index < -0.39 is 11.4 Å². The second kappa shape index (κ2) is 3.28. The zero-order valence-corrected chi connectivity index (χ0v) is 11.1. The molecule has 0 aliphatic heterocycles. The number of hydrogen-bond donors (Lipinski definition) is 2. The summed E-state index contributed by atoms with van der Waals surface area (Å²) in [4.78, 5) is 23.2. The molecule has 4 aliphatic rings. The van der Waals surface area contributed by atoms with Crippen molar-refractivity contribution in [1.29, 1.82) is 0 Å². The van der Waals surface area contributed by atoms with Crippen molar-refractivity contribution < 1.29 is 14.7 Å². The number of carbonyl (C=O) groups is 2. The molecule has 4 aliphatic carbocycles. The number of hydrogen-bond acceptors (Lipinski definition) is 2. The lowest BCUT2D eigenvalue weighted by atomic mass is 9.42. The largest absolute Gasteiger partial charge is 0.481 e. The van der Waals surface area contributed by atoms with Gasteiger partial charge in [-0.1, -0.05) is 6.92 Å². The summed E-state index contributed by atoms with van der Waals surface area (Å²) in [5.74, 6) is -0.220. The third kappa shape index (κ3) is 1.57. The smallest absolute Gasteiger partial charge is 0.309 e. The lowest BCUT2D eigenvalue weighted by Crippen LogP contribution is -2.67. The van der Waals surface area contributed by atoms with Crippen molar-refractivity contribution in [2.75, 3.05) is 0 Å². The summed E-state index contributed by atoms with van der Waals surface area (Å²) in [6.07, 6.45) is 5.26. The van der Waals surface area contributed by atoms with Crippen molar-refractivity contribution in [1.82, 2.24) is 5.32 Å². The van der Waals surface area contributed by atoms with E-state index in [0.29, 0.717) is 12.3 Å². The number of amides is 1. The van der Waals surface area contributed by atoms with E-state index in [1.165, 1.54) is 6.92 Å². The van der Waals surface area contributed by atoms with Crippen molar-refractivity contribution >= 4 is 11.9 Å². The van der Waals surface area contributed by atoms with Crippen molar-refractivity contribution in [3.8, 4) is 0 Å². The highest BCUT2D eigenvalue weighted by molar-refractivity contribution is 5.77. The second-order valence-electron chi connectivity index (χ2n) is 7.37. The predicted molar refractivity (Wildman–Crippen MR) is 65.9 cm³/mol. The normalized spacial score (nSPS) is 49.1. The SMILES string of the molecule is CC(=O)N[C@]12C[C@H]3C[C@@](C)(C1)C[C@@](C(=O)O)(C3)C2. The molecule has 0 unspecified atom stereocenters. The van der Waals surface area contributed by atoms with Crippen LogP contribution in [0.4, 0.5) is 0 Å². The first kappa shape index (κ1) is 12.0. The Hall–Kier alpha value is -1.06. The minimum absolute atomic E-state index is 0.0268. The summed E-state index contributed by atoms with van der Waals surface area (Å²) >= 11 is 0. The van der Waals surface area contributed by atoms with Gasteiger partial charge in [-0.25, -0.2) is 0 Å². The van der Waals surface area contributed by atoms with Crippen LogP contribution in [0.1, 0.15) is 52.4 Å². The van der Waals surface area contributed by atoms with Crippen LogP contribution in [0, 0.1) is 16.7 Å². The molecule has 0 heterocycles. The molecule has 0 aromatic rings. The summed E-state index contributed by atoms with van der Waals surface area (Å²) in [7, 11) is 0. The number of nitrogens with one attached hydrogen (secondary N) is 1. The Labute approximate surface area is 107 Å². The van der Waals surface area contributed by atoms with Crippen LogP contribution in [0.2, 0.25) is 0 Å². The van der Waals surface area contributed by atoms with E-state index in [2.05, 4.69) is 12.2 Å². The molecule has 1 amide bonds. The summed E-state index contributed by atoms with van der Waals surface area (Å²) in [6.45, 7) is 3.74. The van der Waals surface area contributed by atoms with E-state index >= 15 is 0 Å². The molecule has 18 heavy (non-hydrogen) atoms. The Morgan fingerprint density at radius 1 is 1.17 bits per heavy atom. The molecule has 0 aromatic heterocycles. The van der Waals surface area contributed by atoms with E-state index in [-0.39, 0.29) is 16.9 Å². The molecule has 0 radical (unpaired) electrons. The Kier molecular flexibility index (Phi) is 2.19. The monoisotopic (exact) mass is 251 g/mol. The van der Waals surface area contributed by atoms with Gasteiger partial charge in [0.15, 0.2) is 0 Å². The quantitative estimate of drug-likeness (QED) is 0.788. The maximum Gasteiger partial charge on any atom is 0.309 e. The Morgan fingerprint density at radius 3 is 2.44 bits per heavy atom. The summed E-state index contributed by atoms with van der Waals surface area (Å²) in [5, 5.41) is 12.7. The highest BCUT2D eigenvalue weighted by Crippen LogP contribution is 2.66. The molecule has 4 rings (SSSR count). The maximum absolute atomic E-state index is 11.7. The van der Waals surface area contributed by atoms with Crippen LogP contribution in [0.25, 0.3) is 0 Å². The fourth-order valence-corrected chi connectivity index (χ4v) is 5.67. The summed E-state index contributed by atoms with van der Waals surface area (Å²) in [5.41, 5.74) is -0.741. The summed E-state index contributed by atoms with van der Waals surface area (Å²) in [6, 6.07) is 0. The molecule has 4 nitrogen and oxygen atoms in total. The second-order valence-corrected chi connectivity index (χ2v) is 7.37. The van der Waals surface area contributed by atoms with Gasteiger partial charge in [0, 0.05) is 12.5 Å². The minimum atomic E-state index is -0.660. The third-order valence-electron chi connectivity index (χ3n) is 5.24. The average Bonchev–Trinajstić information content (AvgIpc) is 2.09. The lowest BCUT2D eigenvalue weighted by molar-refractivity contribution is -0.179. The van der Waals surface area contributed by atoms with Crippen molar-refractivity contribution in [2.24, 2.45) is 16.7 Å². The highest BCUT2D eigenvalue weighted by Gasteiger charge is 2.64. The molecular formula is C14H21NO3. The van der Waals surface area contributed by atoms with Gasteiger partial charge in [-0.3, -0.25) is 9.59 Å². The zero-order chi connectivity index (χ0) is 13.2. The van der Waals surface area contributed by atoms with Crippen LogP contribution in [0.3, 0.4) is 0 Å². The van der Waals surface area contributed by atoms with E-state index in [9.17, 15) is 14.7 Å². The molecule has 4 saturated carbocycles. The van der Waals surface area contributed by atoms with Gasteiger partial charge in [-0.05, 0) is 49.9 Å². The van der Waals surface area contributed by atoms with Gasteiger partial charge in [0.1, 0.15) is 0 Å². The van der Waals surface area contributed by atoms with Crippen LogP contribution in [0.5, 0.6) is 0 Å². The number of aliphatic carboxylic acids is 1. The molecule has 4 fully saturated rings. The van der Waals surface area contributed by atoms with Gasteiger partial charge in [-0.2, -0.15) is 0 Å². The van der Waals surface area contributed by atoms with Gasteiger partial charge in [0.25, 0.3) is 0 Å². The molecule has 0 aromatic carbocycles. The van der Waals surface area contributed by atoms with Crippen LogP contribution >= 0.6 is 0 Å². The fourth-order valence-electron chi connectivity index (χ4n) is 5.67. The average molecular weight is 251 g/mol. The van der Waals surface area contributed by atoms with Gasteiger partial charge < -0.3 is 10.4 Å². The maximum atomic E-state index is 11.7. The van der Waals surface area contributed by atoms with Crippen molar-refractivity contribution in [3.05, 3.63) is 0 Å². The molecule has 100 valence electrons. The molecule has 0 spiro atoms. The standard InChI is InChI=1S/C14H21NO3/c1-9(16)15-14-5-10-3-12(2,7-14)6-13(4-10,8-14)11(17)18/h10H,3-8H2,1-2H3,(H,15,16)(H,17,18)/t10-,12+,13-,14+/m0/s1. The lowest BCUT2D eigenvalue weighted by Gasteiger charge is -2.64. The summed E-state index contributed by atoms with van der Waals surface area (Å²) < 4.78 is 0. The Bertz CT molecular complexity index is 435. The molecule has 4 atom stereocenters. The first-order valence-corrected chi connectivity index (χ1v) is 6.79. The number of carbonyl (C=O) groups excluding carboxylic acids is 1. The molecule has 4 heteroatoms. The molecule has 4 bridgehead atoms. The third-order valence-corrected chi connectivity index (χ3v) is 5.24. The number of carboxylic acids is 1. The van der Waals surface area contributed by atoms with Gasteiger partial charge in [0.05, 0.1) is 5.41 Å².